The number of hydrogen-bond acceptors (Lipinski definition) is 5. The molecule has 1 saturated heterocycles. The van der Waals surface area contributed by atoms with E-state index >= 15 is 0 Å². The average molecular weight is 465 g/mol. The van der Waals surface area contributed by atoms with Crippen molar-refractivity contribution in [1.29, 1.82) is 0 Å². The molecule has 2 aromatic rings. The van der Waals surface area contributed by atoms with Gasteiger partial charge in [0.15, 0.2) is 6.61 Å². The van der Waals surface area contributed by atoms with Crippen molar-refractivity contribution in [3.63, 3.8) is 0 Å². The Hall–Kier alpha value is -3.01. The SMILES string of the molecule is Cc1cc(C(=O)OCC(=O)Nc2cc(C(F)(F)F)ccc2N2CCOCC2)c(C)n1C1CC1. The van der Waals surface area contributed by atoms with Crippen LogP contribution in [-0.2, 0) is 20.4 Å². The molecule has 2 aliphatic rings. The van der Waals surface area contributed by atoms with Crippen molar-refractivity contribution < 1.29 is 32.2 Å². The second kappa shape index (κ2) is 9.09. The third-order valence-corrected chi connectivity index (χ3v) is 5.90. The Kier molecular flexibility index (Phi) is 6.38. The molecule has 0 atom stereocenters. The van der Waals surface area contributed by atoms with Crippen molar-refractivity contribution in [3.05, 3.63) is 46.8 Å². The number of nitrogens with zero attached hydrogens (tertiary/aromatic N) is 2. The van der Waals surface area contributed by atoms with Crippen molar-refractivity contribution in [1.82, 2.24) is 4.57 Å². The highest BCUT2D eigenvalue weighted by Gasteiger charge is 2.32. The van der Waals surface area contributed by atoms with Crippen LogP contribution < -0.4 is 10.2 Å². The van der Waals surface area contributed by atoms with E-state index in [4.69, 9.17) is 9.47 Å². The van der Waals surface area contributed by atoms with Crippen LogP contribution in [0.1, 0.15) is 46.2 Å². The highest BCUT2D eigenvalue weighted by molar-refractivity contribution is 5.98. The standard InChI is InChI=1S/C23H26F3N3O4/c1-14-11-18(15(2)29(14)17-4-5-17)22(31)33-13-21(30)27-19-12-16(23(24,25)26)3-6-20(19)28-7-9-32-10-8-28/h3,6,11-12,17H,4-5,7-10,13H2,1-2H3,(H,27,30). The quantitative estimate of drug-likeness (QED) is 0.651. The molecular formula is C23H26F3N3O4. The summed E-state index contributed by atoms with van der Waals surface area (Å²) in [5, 5.41) is 2.48. The summed E-state index contributed by atoms with van der Waals surface area (Å²) < 4.78 is 52.3. The van der Waals surface area contributed by atoms with Crippen molar-refractivity contribution in [2.75, 3.05) is 43.1 Å². The van der Waals surface area contributed by atoms with Crippen LogP contribution in [0.4, 0.5) is 24.5 Å². The molecule has 1 N–H and O–H groups in total. The Labute approximate surface area is 189 Å². The van der Waals surface area contributed by atoms with E-state index < -0.39 is 30.2 Å². The summed E-state index contributed by atoms with van der Waals surface area (Å²) in [5.41, 5.74) is 1.72. The Bertz CT molecular complexity index is 1050. The van der Waals surface area contributed by atoms with Crippen LogP contribution >= 0.6 is 0 Å². The molecule has 0 spiro atoms. The van der Waals surface area contributed by atoms with Gasteiger partial charge in [-0.1, -0.05) is 0 Å². The second-order valence-electron chi connectivity index (χ2n) is 8.34. The number of halogens is 3. The molecule has 4 rings (SSSR count). The van der Waals surface area contributed by atoms with E-state index in [9.17, 15) is 22.8 Å². The number of amides is 1. The predicted octanol–water partition coefficient (Wildman–Crippen LogP) is 4.09. The number of alkyl halides is 3. The van der Waals surface area contributed by atoms with E-state index in [-0.39, 0.29) is 5.69 Å². The largest absolute Gasteiger partial charge is 0.452 e. The van der Waals surface area contributed by atoms with Gasteiger partial charge >= 0.3 is 12.1 Å². The number of aromatic nitrogens is 1. The monoisotopic (exact) mass is 465 g/mol. The second-order valence-corrected chi connectivity index (χ2v) is 8.34. The molecule has 1 saturated carbocycles. The molecule has 33 heavy (non-hydrogen) atoms. The molecule has 10 heteroatoms. The summed E-state index contributed by atoms with van der Waals surface area (Å²) in [6, 6.07) is 5.35. The van der Waals surface area contributed by atoms with E-state index in [1.54, 1.807) is 6.07 Å². The number of morpholine rings is 1. The molecule has 1 amide bonds. The summed E-state index contributed by atoms with van der Waals surface area (Å²) >= 11 is 0. The van der Waals surface area contributed by atoms with Crippen LogP contribution in [0, 0.1) is 13.8 Å². The molecule has 2 fully saturated rings. The van der Waals surface area contributed by atoms with Crippen LogP contribution in [0.2, 0.25) is 0 Å². The lowest BCUT2D eigenvalue weighted by Crippen LogP contribution is -2.37. The predicted molar refractivity (Wildman–Crippen MR) is 116 cm³/mol. The average Bonchev–Trinajstić information content (AvgIpc) is 3.56. The number of anilines is 2. The number of carbonyl (C=O) groups excluding carboxylic acids is 2. The first-order valence-electron chi connectivity index (χ1n) is 10.8. The number of hydrogen-bond donors (Lipinski definition) is 1. The van der Waals surface area contributed by atoms with Gasteiger partial charge in [-0.2, -0.15) is 13.2 Å². The van der Waals surface area contributed by atoms with Crippen LogP contribution in [0.25, 0.3) is 0 Å². The number of benzene rings is 1. The van der Waals surface area contributed by atoms with Gasteiger partial charge in [-0.15, -0.1) is 0 Å². The highest BCUT2D eigenvalue weighted by atomic mass is 19.4. The minimum atomic E-state index is -4.56. The fourth-order valence-electron chi connectivity index (χ4n) is 4.17. The lowest BCUT2D eigenvalue weighted by atomic mass is 10.1. The Balaban J connectivity index is 1.46. The zero-order chi connectivity index (χ0) is 23.8. The van der Waals surface area contributed by atoms with Gasteiger partial charge in [0.2, 0.25) is 0 Å². The molecule has 0 radical (unpaired) electrons. The number of ether oxygens (including phenoxy) is 2. The third kappa shape index (κ3) is 5.16. The number of nitrogens with one attached hydrogen (secondary N) is 1. The van der Waals surface area contributed by atoms with Gasteiger partial charge in [0.1, 0.15) is 0 Å². The normalized spacial score (nSPS) is 16.6. The number of carbonyl (C=O) groups is 2. The number of rotatable bonds is 6. The molecule has 0 unspecified atom stereocenters. The summed E-state index contributed by atoms with van der Waals surface area (Å²) in [5.74, 6) is -1.35. The van der Waals surface area contributed by atoms with Crippen LogP contribution in [-0.4, -0.2) is 49.4 Å². The smallest absolute Gasteiger partial charge is 0.416 e. The Morgan fingerprint density at radius 2 is 1.85 bits per heavy atom. The first-order chi connectivity index (χ1) is 15.6. The molecule has 178 valence electrons. The molecule has 1 aromatic heterocycles. The maximum absolute atomic E-state index is 13.2. The van der Waals surface area contributed by atoms with Gasteiger partial charge in [-0.25, -0.2) is 4.79 Å². The molecule has 7 nitrogen and oxygen atoms in total. The first kappa shape index (κ1) is 23.2. The molecule has 1 aromatic carbocycles. The molecule has 0 bridgehead atoms. The minimum absolute atomic E-state index is 0.0136. The van der Waals surface area contributed by atoms with Gasteiger partial charge in [-0.3, -0.25) is 4.79 Å². The third-order valence-electron chi connectivity index (χ3n) is 5.90. The van der Waals surface area contributed by atoms with E-state index in [0.717, 1.165) is 36.4 Å². The molecule has 1 aliphatic heterocycles. The van der Waals surface area contributed by atoms with Crippen molar-refractivity contribution in [2.24, 2.45) is 0 Å². The fraction of sp³-hybridized carbons (Fsp3) is 0.478. The molecule has 1 aliphatic carbocycles. The van der Waals surface area contributed by atoms with Gasteiger partial charge in [0, 0.05) is 30.5 Å². The van der Waals surface area contributed by atoms with Crippen molar-refractivity contribution >= 4 is 23.3 Å². The Morgan fingerprint density at radius 1 is 1.15 bits per heavy atom. The van der Waals surface area contributed by atoms with Crippen LogP contribution in [0.15, 0.2) is 24.3 Å². The van der Waals surface area contributed by atoms with E-state index in [2.05, 4.69) is 9.88 Å². The van der Waals surface area contributed by atoms with Gasteiger partial charge in [0.05, 0.1) is 35.7 Å². The van der Waals surface area contributed by atoms with E-state index in [1.165, 1.54) is 6.07 Å². The minimum Gasteiger partial charge on any atom is -0.452 e. The highest BCUT2D eigenvalue weighted by Crippen LogP contribution is 2.38. The maximum Gasteiger partial charge on any atom is 0.416 e. The molecular weight excluding hydrogens is 439 g/mol. The Morgan fingerprint density at radius 3 is 2.48 bits per heavy atom. The van der Waals surface area contributed by atoms with Crippen LogP contribution in [0.5, 0.6) is 0 Å². The number of esters is 1. The fourth-order valence-corrected chi connectivity index (χ4v) is 4.17. The maximum atomic E-state index is 13.2. The van der Waals surface area contributed by atoms with Gasteiger partial charge < -0.3 is 24.3 Å². The number of aryl methyl sites for hydroxylation is 1. The molecule has 2 heterocycles. The van der Waals surface area contributed by atoms with E-state index in [1.807, 2.05) is 18.7 Å². The van der Waals surface area contributed by atoms with Crippen LogP contribution in [0.3, 0.4) is 0 Å². The van der Waals surface area contributed by atoms with Gasteiger partial charge in [0.25, 0.3) is 5.91 Å². The lowest BCUT2D eigenvalue weighted by molar-refractivity contribution is -0.137. The summed E-state index contributed by atoms with van der Waals surface area (Å²) in [6.45, 7) is 4.98. The van der Waals surface area contributed by atoms with Crippen molar-refractivity contribution in [2.45, 2.75) is 38.9 Å². The first-order valence-corrected chi connectivity index (χ1v) is 10.8. The zero-order valence-corrected chi connectivity index (χ0v) is 18.5. The van der Waals surface area contributed by atoms with E-state index in [0.29, 0.717) is 43.6 Å². The topological polar surface area (TPSA) is 72.8 Å². The zero-order valence-electron chi connectivity index (χ0n) is 18.5. The summed E-state index contributed by atoms with van der Waals surface area (Å²) in [6.07, 6.45) is -2.43. The summed E-state index contributed by atoms with van der Waals surface area (Å²) in [4.78, 5) is 26.9. The lowest BCUT2D eigenvalue weighted by Gasteiger charge is -2.31. The van der Waals surface area contributed by atoms with Gasteiger partial charge in [-0.05, 0) is 51.0 Å². The summed E-state index contributed by atoms with van der Waals surface area (Å²) in [7, 11) is 0. The van der Waals surface area contributed by atoms with Crippen molar-refractivity contribution in [3.8, 4) is 0 Å².